The summed E-state index contributed by atoms with van der Waals surface area (Å²) in [4.78, 5) is 15.7. The lowest BCUT2D eigenvalue weighted by atomic mass is 10.3. The first-order valence-corrected chi connectivity index (χ1v) is 5.84. The first-order chi connectivity index (χ1) is 6.69. The van der Waals surface area contributed by atoms with Gasteiger partial charge in [0.2, 0.25) is 0 Å². The molecule has 0 fully saturated rings. The maximum absolute atomic E-state index is 11.8. The summed E-state index contributed by atoms with van der Waals surface area (Å²) < 4.78 is 0. The highest BCUT2D eigenvalue weighted by molar-refractivity contribution is 7.14. The van der Waals surface area contributed by atoms with Crippen LogP contribution >= 0.6 is 11.3 Å². The van der Waals surface area contributed by atoms with Gasteiger partial charge < -0.3 is 4.90 Å². The second kappa shape index (κ2) is 5.15. The van der Waals surface area contributed by atoms with Gasteiger partial charge in [0.05, 0.1) is 4.88 Å². The van der Waals surface area contributed by atoms with Crippen LogP contribution in [0, 0.1) is 0 Å². The van der Waals surface area contributed by atoms with Gasteiger partial charge in [-0.3, -0.25) is 4.79 Å². The molecular formula is C11H17NOS. The Morgan fingerprint density at radius 2 is 2.14 bits per heavy atom. The fourth-order valence-electron chi connectivity index (χ4n) is 1.31. The van der Waals surface area contributed by atoms with Gasteiger partial charge in [-0.25, -0.2) is 0 Å². The number of amides is 1. The molecule has 0 bridgehead atoms. The highest BCUT2D eigenvalue weighted by Gasteiger charge is 2.12. The molecular weight excluding hydrogens is 194 g/mol. The Morgan fingerprint density at radius 1 is 1.43 bits per heavy atom. The number of hydrogen-bond donors (Lipinski definition) is 0. The van der Waals surface area contributed by atoms with Crippen LogP contribution in [0.3, 0.4) is 0 Å². The van der Waals surface area contributed by atoms with Crippen molar-refractivity contribution in [3.8, 4) is 0 Å². The molecule has 14 heavy (non-hydrogen) atoms. The summed E-state index contributed by atoms with van der Waals surface area (Å²) in [6.45, 7) is 5.02. The maximum atomic E-state index is 11.8. The third kappa shape index (κ3) is 2.58. The number of hydrogen-bond acceptors (Lipinski definition) is 2. The number of aryl methyl sites for hydroxylation is 1. The van der Waals surface area contributed by atoms with Gasteiger partial charge in [-0.05, 0) is 25.0 Å². The molecule has 1 heterocycles. The summed E-state index contributed by atoms with van der Waals surface area (Å²) in [6.07, 6.45) is 2.02. The molecule has 0 aromatic carbocycles. The minimum absolute atomic E-state index is 0.150. The Morgan fingerprint density at radius 3 is 2.64 bits per heavy atom. The molecule has 0 N–H and O–H groups in total. The summed E-state index contributed by atoms with van der Waals surface area (Å²) in [5.74, 6) is 0.150. The summed E-state index contributed by atoms with van der Waals surface area (Å²) >= 11 is 1.60. The van der Waals surface area contributed by atoms with E-state index in [1.54, 1.807) is 16.2 Å². The average Bonchev–Trinajstić information content (AvgIpc) is 2.65. The van der Waals surface area contributed by atoms with Crippen molar-refractivity contribution < 1.29 is 4.79 Å². The van der Waals surface area contributed by atoms with Gasteiger partial charge in [0.15, 0.2) is 0 Å². The molecule has 1 aromatic rings. The van der Waals surface area contributed by atoms with Crippen LogP contribution < -0.4 is 0 Å². The van der Waals surface area contributed by atoms with Crippen molar-refractivity contribution in [2.24, 2.45) is 0 Å². The Bertz CT molecular complexity index is 306. The molecule has 2 nitrogen and oxygen atoms in total. The van der Waals surface area contributed by atoms with Crippen molar-refractivity contribution in [3.05, 3.63) is 21.9 Å². The molecule has 78 valence electrons. The fraction of sp³-hybridized carbons (Fsp3) is 0.545. The lowest BCUT2D eigenvalue weighted by Gasteiger charge is -2.14. The smallest absolute Gasteiger partial charge is 0.263 e. The van der Waals surface area contributed by atoms with Crippen LogP contribution in [-0.4, -0.2) is 24.4 Å². The molecule has 0 radical (unpaired) electrons. The first kappa shape index (κ1) is 11.2. The molecule has 0 spiro atoms. The lowest BCUT2D eigenvalue weighted by molar-refractivity contribution is 0.0800. The maximum Gasteiger partial charge on any atom is 0.263 e. The summed E-state index contributed by atoms with van der Waals surface area (Å²) in [5, 5.41) is 0. The van der Waals surface area contributed by atoms with Crippen LogP contribution in [-0.2, 0) is 6.42 Å². The van der Waals surface area contributed by atoms with Crippen molar-refractivity contribution in [1.82, 2.24) is 4.90 Å². The number of rotatable bonds is 4. The number of thiophene rings is 1. The first-order valence-electron chi connectivity index (χ1n) is 5.03. The van der Waals surface area contributed by atoms with E-state index in [4.69, 9.17) is 0 Å². The number of carbonyl (C=O) groups is 1. The third-order valence-electron chi connectivity index (χ3n) is 2.13. The van der Waals surface area contributed by atoms with E-state index in [2.05, 4.69) is 13.8 Å². The highest BCUT2D eigenvalue weighted by Crippen LogP contribution is 2.18. The lowest BCUT2D eigenvalue weighted by Crippen LogP contribution is -2.26. The monoisotopic (exact) mass is 211 g/mol. The molecule has 0 aliphatic rings. The van der Waals surface area contributed by atoms with E-state index in [9.17, 15) is 4.79 Å². The largest absolute Gasteiger partial charge is 0.341 e. The molecule has 0 saturated heterocycles. The normalized spacial score (nSPS) is 10.2. The summed E-state index contributed by atoms with van der Waals surface area (Å²) in [6, 6.07) is 3.97. The standard InChI is InChI=1S/C11H17NOS/c1-4-8-12(3)11(13)10-7-6-9(5-2)14-10/h6-7H,4-5,8H2,1-3H3. The number of nitrogens with zero attached hydrogens (tertiary/aromatic N) is 1. The van der Waals surface area contributed by atoms with E-state index in [0.29, 0.717) is 0 Å². The Kier molecular flexibility index (Phi) is 4.14. The van der Waals surface area contributed by atoms with Gasteiger partial charge in [0.25, 0.3) is 5.91 Å². The quantitative estimate of drug-likeness (QED) is 0.750. The Hall–Kier alpha value is -0.830. The van der Waals surface area contributed by atoms with Crippen LogP contribution in [0.2, 0.25) is 0 Å². The third-order valence-corrected chi connectivity index (χ3v) is 3.34. The van der Waals surface area contributed by atoms with E-state index < -0.39 is 0 Å². The molecule has 0 saturated carbocycles. The SMILES string of the molecule is CCCN(C)C(=O)c1ccc(CC)s1. The van der Waals surface area contributed by atoms with Crippen molar-refractivity contribution in [2.45, 2.75) is 26.7 Å². The minimum atomic E-state index is 0.150. The second-order valence-corrected chi connectivity index (χ2v) is 4.51. The zero-order valence-corrected chi connectivity index (χ0v) is 9.86. The van der Waals surface area contributed by atoms with Gasteiger partial charge in [-0.1, -0.05) is 13.8 Å². The highest BCUT2D eigenvalue weighted by atomic mass is 32.1. The van der Waals surface area contributed by atoms with Crippen LogP contribution in [0.25, 0.3) is 0 Å². The van der Waals surface area contributed by atoms with Crippen LogP contribution in [0.15, 0.2) is 12.1 Å². The van der Waals surface area contributed by atoms with Crippen LogP contribution in [0.1, 0.15) is 34.8 Å². The van der Waals surface area contributed by atoms with Gasteiger partial charge in [-0.2, -0.15) is 0 Å². The van der Waals surface area contributed by atoms with E-state index in [1.165, 1.54) is 4.88 Å². The van der Waals surface area contributed by atoms with E-state index >= 15 is 0 Å². The molecule has 1 amide bonds. The molecule has 0 atom stereocenters. The summed E-state index contributed by atoms with van der Waals surface area (Å²) in [7, 11) is 1.86. The van der Waals surface area contributed by atoms with Gasteiger partial charge in [0, 0.05) is 18.5 Å². The van der Waals surface area contributed by atoms with Crippen LogP contribution in [0.4, 0.5) is 0 Å². The van der Waals surface area contributed by atoms with Gasteiger partial charge >= 0.3 is 0 Å². The predicted molar refractivity (Wildman–Crippen MR) is 60.9 cm³/mol. The molecule has 1 aromatic heterocycles. The van der Waals surface area contributed by atoms with E-state index in [1.807, 2.05) is 19.2 Å². The van der Waals surface area contributed by atoms with Crippen molar-refractivity contribution in [2.75, 3.05) is 13.6 Å². The van der Waals surface area contributed by atoms with Crippen molar-refractivity contribution in [3.63, 3.8) is 0 Å². The molecule has 3 heteroatoms. The minimum Gasteiger partial charge on any atom is -0.341 e. The molecule has 0 unspecified atom stereocenters. The molecule has 0 aliphatic carbocycles. The van der Waals surface area contributed by atoms with E-state index in [0.717, 1.165) is 24.3 Å². The van der Waals surface area contributed by atoms with Crippen molar-refractivity contribution >= 4 is 17.2 Å². The topological polar surface area (TPSA) is 20.3 Å². The second-order valence-electron chi connectivity index (χ2n) is 3.35. The predicted octanol–water partition coefficient (Wildman–Crippen LogP) is 2.79. The Balaban J connectivity index is 2.68. The Labute approximate surface area is 89.5 Å². The zero-order chi connectivity index (χ0) is 10.6. The molecule has 0 aliphatic heterocycles. The van der Waals surface area contributed by atoms with Gasteiger partial charge in [0.1, 0.15) is 0 Å². The fourth-order valence-corrected chi connectivity index (χ4v) is 2.25. The van der Waals surface area contributed by atoms with Crippen LogP contribution in [0.5, 0.6) is 0 Å². The van der Waals surface area contributed by atoms with E-state index in [-0.39, 0.29) is 5.91 Å². The summed E-state index contributed by atoms with van der Waals surface area (Å²) in [5.41, 5.74) is 0. The van der Waals surface area contributed by atoms with Gasteiger partial charge in [-0.15, -0.1) is 11.3 Å². The number of carbonyl (C=O) groups excluding carboxylic acids is 1. The molecule has 1 rings (SSSR count). The van der Waals surface area contributed by atoms with Crippen molar-refractivity contribution in [1.29, 1.82) is 0 Å². The zero-order valence-electron chi connectivity index (χ0n) is 9.04. The average molecular weight is 211 g/mol.